The fraction of sp³-hybridized carbons (Fsp3) is 0.292. The van der Waals surface area contributed by atoms with Gasteiger partial charge in [-0.2, -0.15) is 0 Å². The Hall–Kier alpha value is -3.08. The average molecular weight is 389 g/mol. The molecule has 2 aromatic heterocycles. The molecule has 5 rings (SSSR count). The quantitative estimate of drug-likeness (QED) is 0.456. The molecule has 3 heterocycles. The standard InChI is InChI=1S/C24H24FN3O/c1-2-17-6-12-20(13-7-17)29-16-23-26-28-15-22(18-8-10-19(25)11-9-18)21-5-3-4-14-27(23)24(21)28/h6-13,15H,2-5,14,16H2,1H3. The summed E-state index contributed by atoms with van der Waals surface area (Å²) in [6, 6.07) is 15.0. The number of halogens is 1. The number of hydrogen-bond donors (Lipinski definition) is 0. The van der Waals surface area contributed by atoms with Crippen LogP contribution in [0.2, 0.25) is 0 Å². The van der Waals surface area contributed by atoms with Gasteiger partial charge in [-0.15, -0.1) is 5.10 Å². The monoisotopic (exact) mass is 389 g/mol. The van der Waals surface area contributed by atoms with Crippen LogP contribution in [0, 0.1) is 5.82 Å². The van der Waals surface area contributed by atoms with E-state index in [1.165, 1.54) is 23.3 Å². The molecule has 0 atom stereocenters. The highest BCUT2D eigenvalue weighted by molar-refractivity contribution is 5.75. The zero-order valence-electron chi connectivity index (χ0n) is 16.6. The number of aryl methyl sites for hydroxylation is 3. The van der Waals surface area contributed by atoms with Crippen molar-refractivity contribution in [3.05, 3.63) is 77.5 Å². The molecule has 0 spiro atoms. The summed E-state index contributed by atoms with van der Waals surface area (Å²) in [5.74, 6) is 1.59. The molecule has 0 saturated carbocycles. The fourth-order valence-corrected chi connectivity index (χ4v) is 4.19. The van der Waals surface area contributed by atoms with E-state index >= 15 is 0 Å². The Morgan fingerprint density at radius 2 is 1.83 bits per heavy atom. The first-order chi connectivity index (χ1) is 14.2. The lowest BCUT2D eigenvalue weighted by atomic mass is 10.0. The molecule has 4 aromatic rings. The molecule has 29 heavy (non-hydrogen) atoms. The smallest absolute Gasteiger partial charge is 0.169 e. The molecule has 1 aliphatic rings. The normalized spacial score (nSPS) is 13.6. The van der Waals surface area contributed by atoms with Crippen LogP contribution in [0.5, 0.6) is 5.75 Å². The van der Waals surface area contributed by atoms with E-state index in [2.05, 4.69) is 29.8 Å². The summed E-state index contributed by atoms with van der Waals surface area (Å²) in [7, 11) is 0. The van der Waals surface area contributed by atoms with Gasteiger partial charge in [0.15, 0.2) is 5.82 Å². The van der Waals surface area contributed by atoms with Crippen LogP contribution >= 0.6 is 0 Å². The number of hydrogen-bond acceptors (Lipinski definition) is 2. The molecule has 1 aliphatic heterocycles. The van der Waals surface area contributed by atoms with Crippen LogP contribution in [0.15, 0.2) is 54.7 Å². The predicted molar refractivity (Wildman–Crippen MR) is 112 cm³/mol. The second-order valence-corrected chi connectivity index (χ2v) is 7.61. The minimum absolute atomic E-state index is 0.211. The number of nitrogens with zero attached hydrogens (tertiary/aromatic N) is 3. The lowest BCUT2D eigenvalue weighted by molar-refractivity contribution is 0.288. The van der Waals surface area contributed by atoms with Crippen LogP contribution in [0.1, 0.15) is 36.7 Å². The molecule has 2 aromatic carbocycles. The maximum absolute atomic E-state index is 13.4. The molecule has 148 valence electrons. The van der Waals surface area contributed by atoms with Gasteiger partial charge in [-0.1, -0.05) is 31.2 Å². The minimum Gasteiger partial charge on any atom is -0.486 e. The van der Waals surface area contributed by atoms with Gasteiger partial charge >= 0.3 is 0 Å². The van der Waals surface area contributed by atoms with Crippen molar-refractivity contribution in [2.45, 2.75) is 45.8 Å². The highest BCUT2D eigenvalue weighted by Crippen LogP contribution is 2.33. The van der Waals surface area contributed by atoms with Crippen molar-refractivity contribution in [3.63, 3.8) is 0 Å². The molecule has 0 unspecified atom stereocenters. The Balaban J connectivity index is 1.48. The molecule has 0 N–H and O–H groups in total. The van der Waals surface area contributed by atoms with Crippen LogP contribution in [0.3, 0.4) is 0 Å². The summed E-state index contributed by atoms with van der Waals surface area (Å²) in [5, 5.41) is 4.82. The minimum atomic E-state index is -0.211. The Morgan fingerprint density at radius 3 is 2.59 bits per heavy atom. The SMILES string of the molecule is CCc1ccc(OCc2nn3cc(-c4ccc(F)cc4)c4c3n2CCCC4)cc1. The highest BCUT2D eigenvalue weighted by Gasteiger charge is 2.22. The summed E-state index contributed by atoms with van der Waals surface area (Å²) in [6.45, 7) is 3.53. The molecule has 0 bridgehead atoms. The molecular weight excluding hydrogens is 365 g/mol. The van der Waals surface area contributed by atoms with E-state index in [1.807, 2.05) is 28.8 Å². The molecule has 5 heteroatoms. The van der Waals surface area contributed by atoms with Gasteiger partial charge < -0.3 is 9.30 Å². The van der Waals surface area contributed by atoms with Gasteiger partial charge in [0.1, 0.15) is 23.8 Å². The summed E-state index contributed by atoms with van der Waals surface area (Å²) >= 11 is 0. The third-order valence-electron chi connectivity index (χ3n) is 5.77. The van der Waals surface area contributed by atoms with Crippen molar-refractivity contribution in [2.24, 2.45) is 0 Å². The molecule has 0 aliphatic carbocycles. The summed E-state index contributed by atoms with van der Waals surface area (Å²) in [4.78, 5) is 0. The van der Waals surface area contributed by atoms with Crippen molar-refractivity contribution < 1.29 is 9.13 Å². The molecular formula is C24H24FN3O. The van der Waals surface area contributed by atoms with Crippen molar-refractivity contribution >= 4 is 5.65 Å². The van der Waals surface area contributed by atoms with E-state index in [9.17, 15) is 4.39 Å². The van der Waals surface area contributed by atoms with E-state index < -0.39 is 0 Å². The van der Waals surface area contributed by atoms with Crippen LogP contribution in [0.25, 0.3) is 16.8 Å². The third-order valence-corrected chi connectivity index (χ3v) is 5.77. The molecule has 0 radical (unpaired) electrons. The zero-order chi connectivity index (χ0) is 19.8. The number of ether oxygens (including phenoxy) is 1. The average Bonchev–Trinajstić information content (AvgIpc) is 3.16. The Morgan fingerprint density at radius 1 is 1.03 bits per heavy atom. The van der Waals surface area contributed by atoms with Crippen LogP contribution in [-0.2, 0) is 26.0 Å². The first kappa shape index (κ1) is 18.0. The fourth-order valence-electron chi connectivity index (χ4n) is 4.19. The molecule has 0 fully saturated rings. The largest absolute Gasteiger partial charge is 0.486 e. The van der Waals surface area contributed by atoms with Crippen LogP contribution in [-0.4, -0.2) is 14.2 Å². The summed E-state index contributed by atoms with van der Waals surface area (Å²) in [6.07, 6.45) is 6.35. The Kier molecular flexibility index (Phi) is 4.58. The van der Waals surface area contributed by atoms with Crippen LogP contribution in [0.4, 0.5) is 4.39 Å². The van der Waals surface area contributed by atoms with Gasteiger partial charge in [-0.05, 0) is 61.1 Å². The number of rotatable bonds is 5. The van der Waals surface area contributed by atoms with Crippen molar-refractivity contribution in [3.8, 4) is 16.9 Å². The lowest BCUT2D eigenvalue weighted by Crippen LogP contribution is -2.07. The first-order valence-electron chi connectivity index (χ1n) is 10.3. The van der Waals surface area contributed by atoms with Crippen molar-refractivity contribution in [2.75, 3.05) is 0 Å². The summed E-state index contributed by atoms with van der Waals surface area (Å²) < 4.78 is 23.6. The lowest BCUT2D eigenvalue weighted by Gasteiger charge is -2.09. The van der Waals surface area contributed by atoms with Gasteiger partial charge in [0.2, 0.25) is 0 Å². The molecule has 4 nitrogen and oxygen atoms in total. The maximum atomic E-state index is 13.4. The van der Waals surface area contributed by atoms with Gasteiger partial charge in [-0.25, -0.2) is 8.91 Å². The Labute approximate surface area is 169 Å². The maximum Gasteiger partial charge on any atom is 0.169 e. The van der Waals surface area contributed by atoms with Crippen LogP contribution < -0.4 is 4.74 Å². The Bertz CT molecular complexity index is 1140. The van der Waals surface area contributed by atoms with Gasteiger partial charge in [0, 0.05) is 23.9 Å². The van der Waals surface area contributed by atoms with E-state index in [4.69, 9.17) is 9.84 Å². The van der Waals surface area contributed by atoms with E-state index in [-0.39, 0.29) is 5.82 Å². The number of benzene rings is 2. The topological polar surface area (TPSA) is 31.5 Å². The second-order valence-electron chi connectivity index (χ2n) is 7.61. The first-order valence-corrected chi connectivity index (χ1v) is 10.3. The third kappa shape index (κ3) is 3.31. The van der Waals surface area contributed by atoms with Gasteiger partial charge in [0.25, 0.3) is 0 Å². The van der Waals surface area contributed by atoms with E-state index in [0.29, 0.717) is 6.61 Å². The summed E-state index contributed by atoms with van der Waals surface area (Å²) in [5.41, 5.74) is 5.92. The zero-order valence-corrected chi connectivity index (χ0v) is 16.6. The van der Waals surface area contributed by atoms with Gasteiger partial charge in [0.05, 0.1) is 0 Å². The van der Waals surface area contributed by atoms with E-state index in [0.717, 1.165) is 60.6 Å². The van der Waals surface area contributed by atoms with E-state index in [1.54, 1.807) is 0 Å². The highest BCUT2D eigenvalue weighted by atomic mass is 19.1. The second kappa shape index (κ2) is 7.39. The molecule has 0 saturated heterocycles. The van der Waals surface area contributed by atoms with Crippen molar-refractivity contribution in [1.82, 2.24) is 14.2 Å². The molecule has 0 amide bonds. The number of aromatic nitrogens is 3. The van der Waals surface area contributed by atoms with Gasteiger partial charge in [-0.3, -0.25) is 0 Å². The predicted octanol–water partition coefficient (Wildman–Crippen LogP) is 5.42. The van der Waals surface area contributed by atoms with Crippen molar-refractivity contribution in [1.29, 1.82) is 0 Å².